The number of aryl methyl sites for hydroxylation is 1. The summed E-state index contributed by atoms with van der Waals surface area (Å²) in [4.78, 5) is 11.1. The topological polar surface area (TPSA) is 41.0 Å². The Balaban J connectivity index is 2.03. The van der Waals surface area contributed by atoms with Crippen molar-refractivity contribution in [1.82, 2.24) is 15.3 Å². The van der Waals surface area contributed by atoms with Crippen LogP contribution in [0.3, 0.4) is 0 Å². The number of hydrogen-bond donors (Lipinski definition) is 1. The average Bonchev–Trinajstić information content (AvgIpc) is 2.87. The fourth-order valence-corrected chi connectivity index (χ4v) is 2.45. The number of rotatable bonds is 6. The summed E-state index contributed by atoms with van der Waals surface area (Å²) in [6.45, 7) is 7.50. The highest BCUT2D eigenvalue weighted by Gasteiger charge is 2.18. The van der Waals surface area contributed by atoms with E-state index in [2.05, 4.69) is 27.1 Å². The summed E-state index contributed by atoms with van der Waals surface area (Å²) in [6, 6.07) is 2.65. The zero-order chi connectivity index (χ0) is 12.8. The van der Waals surface area contributed by atoms with Gasteiger partial charge < -0.3 is 10.2 Å². The summed E-state index contributed by atoms with van der Waals surface area (Å²) in [6.07, 6.45) is 6.88. The maximum atomic E-state index is 4.56. The molecule has 0 spiro atoms. The summed E-state index contributed by atoms with van der Waals surface area (Å²) in [5, 5.41) is 3.56. The lowest BCUT2D eigenvalue weighted by Gasteiger charge is -2.26. The number of unbranched alkanes of at least 4 members (excludes halogenated alkanes) is 1. The van der Waals surface area contributed by atoms with Crippen LogP contribution >= 0.6 is 0 Å². The Morgan fingerprint density at radius 2 is 2.39 bits per heavy atom. The Hall–Kier alpha value is -1.16. The SMILES string of the molecule is CCCCN(CC1CCCN1)c1ccnc(C)n1. The van der Waals surface area contributed by atoms with Crippen LogP contribution in [-0.4, -0.2) is 35.6 Å². The lowest BCUT2D eigenvalue weighted by atomic mass is 10.2. The number of nitrogens with zero attached hydrogens (tertiary/aromatic N) is 3. The molecular formula is C14H24N4. The largest absolute Gasteiger partial charge is 0.355 e. The van der Waals surface area contributed by atoms with Gasteiger partial charge in [0, 0.05) is 25.3 Å². The van der Waals surface area contributed by atoms with E-state index in [9.17, 15) is 0 Å². The summed E-state index contributed by atoms with van der Waals surface area (Å²) in [5.41, 5.74) is 0. The van der Waals surface area contributed by atoms with Crippen molar-refractivity contribution >= 4 is 5.82 Å². The molecule has 1 unspecified atom stereocenters. The maximum absolute atomic E-state index is 4.56. The second-order valence-electron chi connectivity index (χ2n) is 5.05. The number of hydrogen-bond acceptors (Lipinski definition) is 4. The van der Waals surface area contributed by atoms with Gasteiger partial charge >= 0.3 is 0 Å². The van der Waals surface area contributed by atoms with Gasteiger partial charge in [-0.05, 0) is 38.8 Å². The van der Waals surface area contributed by atoms with E-state index in [1.54, 1.807) is 0 Å². The van der Waals surface area contributed by atoms with E-state index in [0.29, 0.717) is 6.04 Å². The van der Waals surface area contributed by atoms with Crippen LogP contribution in [0.1, 0.15) is 38.4 Å². The van der Waals surface area contributed by atoms with Crippen LogP contribution in [0, 0.1) is 6.92 Å². The van der Waals surface area contributed by atoms with E-state index in [0.717, 1.165) is 31.3 Å². The first-order valence-electron chi connectivity index (χ1n) is 7.07. The van der Waals surface area contributed by atoms with Crippen molar-refractivity contribution in [2.45, 2.75) is 45.6 Å². The summed E-state index contributed by atoms with van der Waals surface area (Å²) < 4.78 is 0. The highest BCUT2D eigenvalue weighted by molar-refractivity contribution is 5.37. The molecule has 1 fully saturated rings. The molecular weight excluding hydrogens is 224 g/mol. The van der Waals surface area contributed by atoms with E-state index < -0.39 is 0 Å². The van der Waals surface area contributed by atoms with Crippen molar-refractivity contribution in [2.24, 2.45) is 0 Å². The molecule has 1 aromatic rings. The summed E-state index contributed by atoms with van der Waals surface area (Å²) >= 11 is 0. The van der Waals surface area contributed by atoms with Gasteiger partial charge in [0.05, 0.1) is 0 Å². The van der Waals surface area contributed by atoms with Gasteiger partial charge in [-0.25, -0.2) is 9.97 Å². The molecule has 1 N–H and O–H groups in total. The lowest BCUT2D eigenvalue weighted by Crippen LogP contribution is -2.38. The van der Waals surface area contributed by atoms with Crippen LogP contribution in [0.25, 0.3) is 0 Å². The second-order valence-corrected chi connectivity index (χ2v) is 5.05. The molecule has 0 aliphatic carbocycles. The standard InChI is InChI=1S/C14H24N4/c1-3-4-10-18(11-13-6-5-8-16-13)14-7-9-15-12(2)17-14/h7,9,13,16H,3-6,8,10-11H2,1-2H3. The normalized spacial score (nSPS) is 19.1. The minimum atomic E-state index is 0.622. The molecule has 1 aliphatic rings. The van der Waals surface area contributed by atoms with Crippen LogP contribution in [0.5, 0.6) is 0 Å². The highest BCUT2D eigenvalue weighted by atomic mass is 15.2. The Labute approximate surface area is 110 Å². The predicted octanol–water partition coefficient (Wildman–Crippen LogP) is 2.14. The third-order valence-corrected chi connectivity index (χ3v) is 3.47. The minimum absolute atomic E-state index is 0.622. The molecule has 1 aromatic heterocycles. The second kappa shape index (κ2) is 6.69. The molecule has 1 saturated heterocycles. The van der Waals surface area contributed by atoms with Crippen LogP contribution in [0.15, 0.2) is 12.3 Å². The van der Waals surface area contributed by atoms with E-state index >= 15 is 0 Å². The fourth-order valence-electron chi connectivity index (χ4n) is 2.45. The molecule has 4 heteroatoms. The van der Waals surface area contributed by atoms with Crippen molar-refractivity contribution in [3.8, 4) is 0 Å². The third-order valence-electron chi connectivity index (χ3n) is 3.47. The van der Waals surface area contributed by atoms with Gasteiger partial charge in [-0.1, -0.05) is 13.3 Å². The van der Waals surface area contributed by atoms with Crippen molar-refractivity contribution < 1.29 is 0 Å². The zero-order valence-electron chi connectivity index (χ0n) is 11.5. The van der Waals surface area contributed by atoms with Gasteiger partial charge in [0.25, 0.3) is 0 Å². The Kier molecular flexibility index (Phi) is 4.93. The summed E-state index contributed by atoms with van der Waals surface area (Å²) in [7, 11) is 0. The van der Waals surface area contributed by atoms with Gasteiger partial charge in [-0.3, -0.25) is 0 Å². The zero-order valence-corrected chi connectivity index (χ0v) is 11.5. The molecule has 0 aromatic carbocycles. The average molecular weight is 248 g/mol. The molecule has 18 heavy (non-hydrogen) atoms. The van der Waals surface area contributed by atoms with Crippen molar-refractivity contribution in [3.05, 3.63) is 18.1 Å². The van der Waals surface area contributed by atoms with Crippen molar-refractivity contribution in [3.63, 3.8) is 0 Å². The van der Waals surface area contributed by atoms with Crippen molar-refractivity contribution in [1.29, 1.82) is 0 Å². The van der Waals surface area contributed by atoms with E-state index in [4.69, 9.17) is 0 Å². The monoisotopic (exact) mass is 248 g/mol. The molecule has 0 amide bonds. The van der Waals surface area contributed by atoms with Crippen molar-refractivity contribution in [2.75, 3.05) is 24.5 Å². The van der Waals surface area contributed by atoms with Crippen LogP contribution < -0.4 is 10.2 Å². The smallest absolute Gasteiger partial charge is 0.132 e. The molecule has 0 radical (unpaired) electrons. The highest BCUT2D eigenvalue weighted by Crippen LogP contribution is 2.15. The molecule has 0 bridgehead atoms. The maximum Gasteiger partial charge on any atom is 0.132 e. The molecule has 0 saturated carbocycles. The fraction of sp³-hybridized carbons (Fsp3) is 0.714. The first-order chi connectivity index (χ1) is 8.79. The lowest BCUT2D eigenvalue weighted by molar-refractivity contribution is 0.568. The van der Waals surface area contributed by atoms with Crippen LogP contribution in [0.2, 0.25) is 0 Å². The Morgan fingerprint density at radius 3 is 3.06 bits per heavy atom. The van der Waals surface area contributed by atoms with E-state index in [1.165, 1.54) is 25.7 Å². The number of nitrogens with one attached hydrogen (secondary N) is 1. The van der Waals surface area contributed by atoms with Gasteiger partial charge in [0.2, 0.25) is 0 Å². The van der Waals surface area contributed by atoms with Gasteiger partial charge in [0.1, 0.15) is 11.6 Å². The quantitative estimate of drug-likeness (QED) is 0.837. The molecule has 100 valence electrons. The van der Waals surface area contributed by atoms with E-state index in [-0.39, 0.29) is 0 Å². The molecule has 1 aliphatic heterocycles. The van der Waals surface area contributed by atoms with Gasteiger partial charge in [0.15, 0.2) is 0 Å². The number of aromatic nitrogens is 2. The Bertz CT molecular complexity index is 361. The molecule has 2 rings (SSSR count). The summed E-state index contributed by atoms with van der Waals surface area (Å²) in [5.74, 6) is 1.93. The first kappa shape index (κ1) is 13.3. The minimum Gasteiger partial charge on any atom is -0.355 e. The molecule has 2 heterocycles. The number of anilines is 1. The molecule has 4 nitrogen and oxygen atoms in total. The van der Waals surface area contributed by atoms with Crippen LogP contribution in [-0.2, 0) is 0 Å². The van der Waals surface area contributed by atoms with Gasteiger partial charge in [-0.2, -0.15) is 0 Å². The predicted molar refractivity (Wildman–Crippen MR) is 74.9 cm³/mol. The van der Waals surface area contributed by atoms with Crippen LogP contribution in [0.4, 0.5) is 5.82 Å². The Morgan fingerprint density at radius 1 is 1.50 bits per heavy atom. The molecule has 1 atom stereocenters. The van der Waals surface area contributed by atoms with E-state index in [1.807, 2.05) is 19.2 Å². The van der Waals surface area contributed by atoms with Gasteiger partial charge in [-0.15, -0.1) is 0 Å². The third kappa shape index (κ3) is 3.67. The first-order valence-corrected chi connectivity index (χ1v) is 7.07.